The van der Waals surface area contributed by atoms with Gasteiger partial charge in [-0.25, -0.2) is 0 Å². The van der Waals surface area contributed by atoms with E-state index < -0.39 is 11.4 Å². The molecule has 2 rings (SSSR count). The van der Waals surface area contributed by atoms with Crippen LogP contribution < -0.4 is 0 Å². The third-order valence-corrected chi connectivity index (χ3v) is 5.66. The average molecular weight is 281 g/mol. The molecule has 1 atom stereocenters. The standard InChI is InChI=1S/C17H31NO2/c1-17(2,16(19)20)15-9-6-11-18(13-15)12-10-14-7-4-3-5-8-14/h14-15H,3-13H2,1-2H3,(H,19,20). The van der Waals surface area contributed by atoms with Gasteiger partial charge in [0.2, 0.25) is 0 Å². The molecule has 0 aromatic heterocycles. The van der Waals surface area contributed by atoms with Crippen LogP contribution in [0.4, 0.5) is 0 Å². The smallest absolute Gasteiger partial charge is 0.309 e. The Morgan fingerprint density at radius 3 is 2.50 bits per heavy atom. The van der Waals surface area contributed by atoms with E-state index in [0.29, 0.717) is 5.92 Å². The van der Waals surface area contributed by atoms with Gasteiger partial charge in [0.15, 0.2) is 0 Å². The van der Waals surface area contributed by atoms with Gasteiger partial charge in [0, 0.05) is 6.54 Å². The molecule has 0 radical (unpaired) electrons. The third-order valence-electron chi connectivity index (χ3n) is 5.66. The van der Waals surface area contributed by atoms with Gasteiger partial charge in [0.1, 0.15) is 0 Å². The summed E-state index contributed by atoms with van der Waals surface area (Å²) in [5.74, 6) is 0.591. The Morgan fingerprint density at radius 2 is 1.85 bits per heavy atom. The summed E-state index contributed by atoms with van der Waals surface area (Å²) in [4.78, 5) is 13.9. The molecule has 0 amide bonds. The quantitative estimate of drug-likeness (QED) is 0.833. The molecular weight excluding hydrogens is 250 g/mol. The molecule has 1 aliphatic carbocycles. The zero-order valence-corrected chi connectivity index (χ0v) is 13.2. The lowest BCUT2D eigenvalue weighted by Gasteiger charge is -2.39. The van der Waals surface area contributed by atoms with Crippen LogP contribution in [0.2, 0.25) is 0 Å². The molecular formula is C17H31NO2. The van der Waals surface area contributed by atoms with E-state index in [1.165, 1.54) is 51.6 Å². The van der Waals surface area contributed by atoms with Gasteiger partial charge in [-0.1, -0.05) is 32.1 Å². The van der Waals surface area contributed by atoms with E-state index >= 15 is 0 Å². The van der Waals surface area contributed by atoms with Crippen molar-refractivity contribution in [1.29, 1.82) is 0 Å². The molecule has 20 heavy (non-hydrogen) atoms. The highest BCUT2D eigenvalue weighted by atomic mass is 16.4. The van der Waals surface area contributed by atoms with Gasteiger partial charge in [-0.15, -0.1) is 0 Å². The maximum atomic E-state index is 11.4. The fourth-order valence-electron chi connectivity index (χ4n) is 3.86. The van der Waals surface area contributed by atoms with Crippen molar-refractivity contribution in [3.05, 3.63) is 0 Å². The molecule has 0 bridgehead atoms. The molecule has 1 unspecified atom stereocenters. The Bertz CT molecular complexity index is 321. The zero-order valence-electron chi connectivity index (χ0n) is 13.2. The number of carboxylic acids is 1. The Kier molecular flexibility index (Phi) is 5.48. The minimum Gasteiger partial charge on any atom is -0.481 e. The van der Waals surface area contributed by atoms with Gasteiger partial charge >= 0.3 is 5.97 Å². The van der Waals surface area contributed by atoms with E-state index in [2.05, 4.69) is 4.90 Å². The summed E-state index contributed by atoms with van der Waals surface area (Å²) in [5.41, 5.74) is -0.580. The van der Waals surface area contributed by atoms with Crippen LogP contribution in [-0.4, -0.2) is 35.6 Å². The van der Waals surface area contributed by atoms with Gasteiger partial charge in [-0.2, -0.15) is 0 Å². The van der Waals surface area contributed by atoms with Crippen molar-refractivity contribution >= 4 is 5.97 Å². The number of nitrogens with zero attached hydrogens (tertiary/aromatic N) is 1. The molecule has 3 heteroatoms. The maximum absolute atomic E-state index is 11.4. The lowest BCUT2D eigenvalue weighted by Crippen LogP contribution is -2.45. The molecule has 2 fully saturated rings. The fraction of sp³-hybridized carbons (Fsp3) is 0.941. The van der Waals surface area contributed by atoms with Crippen LogP contribution >= 0.6 is 0 Å². The van der Waals surface area contributed by atoms with E-state index in [4.69, 9.17) is 0 Å². The first-order valence-electron chi connectivity index (χ1n) is 8.46. The minimum absolute atomic E-state index is 0.306. The number of carboxylic acid groups (broad SMARTS) is 1. The number of rotatable bonds is 5. The fourth-order valence-corrected chi connectivity index (χ4v) is 3.86. The van der Waals surface area contributed by atoms with Crippen LogP contribution in [0.5, 0.6) is 0 Å². The molecule has 1 heterocycles. The molecule has 116 valence electrons. The predicted molar refractivity (Wildman–Crippen MR) is 81.8 cm³/mol. The molecule has 1 saturated carbocycles. The van der Waals surface area contributed by atoms with Gasteiger partial charge < -0.3 is 10.0 Å². The monoisotopic (exact) mass is 281 g/mol. The largest absolute Gasteiger partial charge is 0.481 e. The summed E-state index contributed by atoms with van der Waals surface area (Å²) < 4.78 is 0. The van der Waals surface area contributed by atoms with E-state index in [1.807, 2.05) is 13.8 Å². The van der Waals surface area contributed by atoms with Crippen molar-refractivity contribution in [2.75, 3.05) is 19.6 Å². The van der Waals surface area contributed by atoms with Crippen LogP contribution in [-0.2, 0) is 4.79 Å². The van der Waals surface area contributed by atoms with Crippen molar-refractivity contribution in [2.45, 2.75) is 65.2 Å². The summed E-state index contributed by atoms with van der Waals surface area (Å²) in [6.07, 6.45) is 10.6. The summed E-state index contributed by atoms with van der Waals surface area (Å²) in [7, 11) is 0. The van der Waals surface area contributed by atoms with Crippen molar-refractivity contribution in [3.8, 4) is 0 Å². The summed E-state index contributed by atoms with van der Waals surface area (Å²) in [6, 6.07) is 0. The number of hydrogen-bond acceptors (Lipinski definition) is 2. The molecule has 1 saturated heterocycles. The van der Waals surface area contributed by atoms with E-state index in [-0.39, 0.29) is 0 Å². The summed E-state index contributed by atoms with van der Waals surface area (Å²) in [5, 5.41) is 9.40. The van der Waals surface area contributed by atoms with E-state index in [0.717, 1.165) is 25.3 Å². The highest BCUT2D eigenvalue weighted by Gasteiger charge is 2.38. The number of aliphatic carboxylic acids is 1. The second-order valence-corrected chi connectivity index (χ2v) is 7.46. The van der Waals surface area contributed by atoms with E-state index in [9.17, 15) is 9.90 Å². The van der Waals surface area contributed by atoms with Crippen LogP contribution in [0, 0.1) is 17.3 Å². The van der Waals surface area contributed by atoms with Crippen LogP contribution in [0.25, 0.3) is 0 Å². The Morgan fingerprint density at radius 1 is 1.15 bits per heavy atom. The molecule has 0 aromatic rings. The topological polar surface area (TPSA) is 40.5 Å². The SMILES string of the molecule is CC(C)(C(=O)O)C1CCCN(CCC2CCCCC2)C1. The lowest BCUT2D eigenvalue weighted by atomic mass is 9.74. The first-order valence-corrected chi connectivity index (χ1v) is 8.46. The molecule has 0 spiro atoms. The Hall–Kier alpha value is -0.570. The van der Waals surface area contributed by atoms with Crippen LogP contribution in [0.3, 0.4) is 0 Å². The lowest BCUT2D eigenvalue weighted by molar-refractivity contribution is -0.151. The second-order valence-electron chi connectivity index (χ2n) is 7.46. The number of likely N-dealkylation sites (tertiary alicyclic amines) is 1. The van der Waals surface area contributed by atoms with Crippen LogP contribution in [0.1, 0.15) is 65.2 Å². The van der Waals surface area contributed by atoms with Gasteiger partial charge in [0.05, 0.1) is 5.41 Å². The van der Waals surface area contributed by atoms with Gasteiger partial charge in [-0.05, 0) is 58.0 Å². The van der Waals surface area contributed by atoms with Gasteiger partial charge in [0.25, 0.3) is 0 Å². The van der Waals surface area contributed by atoms with Crippen molar-refractivity contribution in [1.82, 2.24) is 4.90 Å². The Balaban J connectivity index is 1.79. The Labute approximate surface area is 123 Å². The minimum atomic E-state index is -0.642. The molecule has 1 N–H and O–H groups in total. The molecule has 2 aliphatic rings. The molecule has 1 aliphatic heterocycles. The highest BCUT2D eigenvalue weighted by Crippen LogP contribution is 2.34. The second kappa shape index (κ2) is 6.93. The first-order chi connectivity index (χ1) is 9.50. The highest BCUT2D eigenvalue weighted by molar-refractivity contribution is 5.74. The summed E-state index contributed by atoms with van der Waals surface area (Å²) in [6.45, 7) is 7.11. The first kappa shape index (κ1) is 15.8. The van der Waals surface area contributed by atoms with E-state index in [1.54, 1.807) is 0 Å². The predicted octanol–water partition coefficient (Wildman–Crippen LogP) is 3.78. The van der Waals surface area contributed by atoms with Crippen molar-refractivity contribution in [2.24, 2.45) is 17.3 Å². The molecule has 3 nitrogen and oxygen atoms in total. The zero-order chi connectivity index (χ0) is 14.6. The van der Waals surface area contributed by atoms with Crippen molar-refractivity contribution in [3.63, 3.8) is 0 Å². The maximum Gasteiger partial charge on any atom is 0.309 e. The number of piperidine rings is 1. The van der Waals surface area contributed by atoms with Gasteiger partial charge in [-0.3, -0.25) is 4.79 Å². The summed E-state index contributed by atoms with van der Waals surface area (Å²) >= 11 is 0. The number of hydrogen-bond donors (Lipinski definition) is 1. The van der Waals surface area contributed by atoms with Crippen LogP contribution in [0.15, 0.2) is 0 Å². The third kappa shape index (κ3) is 3.97. The van der Waals surface area contributed by atoms with Crippen molar-refractivity contribution < 1.29 is 9.90 Å². The molecule has 0 aromatic carbocycles. The average Bonchev–Trinajstić information content (AvgIpc) is 2.46. The number of carbonyl (C=O) groups is 1. The normalized spacial score (nSPS) is 26.6.